The molecule has 0 spiro atoms. The monoisotopic (exact) mass is 279 g/mol. The highest BCUT2D eigenvalue weighted by molar-refractivity contribution is 5.94. The van der Waals surface area contributed by atoms with Crippen LogP contribution in [0.25, 0.3) is 0 Å². The molecule has 1 rings (SSSR count). The van der Waals surface area contributed by atoms with Gasteiger partial charge in [0.15, 0.2) is 0 Å². The van der Waals surface area contributed by atoms with Gasteiger partial charge in [0.05, 0.1) is 16.7 Å². The van der Waals surface area contributed by atoms with E-state index in [4.69, 9.17) is 0 Å². The molecular formula is C12H13F4NO2. The fourth-order valence-electron chi connectivity index (χ4n) is 1.27. The molecule has 0 bridgehead atoms. The van der Waals surface area contributed by atoms with Crippen molar-refractivity contribution in [3.8, 4) is 0 Å². The van der Waals surface area contributed by atoms with E-state index in [2.05, 4.69) is 5.32 Å². The fourth-order valence-corrected chi connectivity index (χ4v) is 1.27. The third-order valence-electron chi connectivity index (χ3n) is 2.22. The van der Waals surface area contributed by atoms with Gasteiger partial charge < -0.3 is 10.4 Å². The van der Waals surface area contributed by atoms with Crippen molar-refractivity contribution in [2.75, 3.05) is 6.54 Å². The van der Waals surface area contributed by atoms with Crippen LogP contribution in [0.4, 0.5) is 17.6 Å². The van der Waals surface area contributed by atoms with Crippen LogP contribution in [0, 0.1) is 5.82 Å². The number of aliphatic hydroxyl groups is 1. The smallest absolute Gasteiger partial charge is 0.389 e. The molecule has 1 aromatic carbocycles. The molecule has 0 aliphatic carbocycles. The van der Waals surface area contributed by atoms with Gasteiger partial charge in [-0.1, -0.05) is 0 Å². The van der Waals surface area contributed by atoms with Gasteiger partial charge in [0.1, 0.15) is 5.82 Å². The maximum Gasteiger partial charge on any atom is 0.416 e. The number of alkyl halides is 3. The Morgan fingerprint density at radius 1 is 1.32 bits per heavy atom. The Morgan fingerprint density at radius 3 is 2.37 bits per heavy atom. The normalized spacial score (nSPS) is 12.4. The summed E-state index contributed by atoms with van der Waals surface area (Å²) in [5.41, 5.74) is -3.06. The number of amides is 1. The number of rotatable bonds is 3. The minimum absolute atomic E-state index is 0.207. The number of hydrogen-bond acceptors (Lipinski definition) is 2. The molecule has 0 aliphatic rings. The predicted octanol–water partition coefficient (Wildman–Crippen LogP) is 2.35. The van der Waals surface area contributed by atoms with Crippen LogP contribution in [0.15, 0.2) is 18.2 Å². The van der Waals surface area contributed by atoms with Gasteiger partial charge in [-0.2, -0.15) is 13.2 Å². The lowest BCUT2D eigenvalue weighted by Crippen LogP contribution is -2.38. The highest BCUT2D eigenvalue weighted by Gasteiger charge is 2.32. The molecule has 106 valence electrons. The maximum absolute atomic E-state index is 13.3. The molecule has 0 fully saturated rings. The van der Waals surface area contributed by atoms with Gasteiger partial charge in [-0.15, -0.1) is 0 Å². The summed E-state index contributed by atoms with van der Waals surface area (Å²) >= 11 is 0. The Morgan fingerprint density at radius 2 is 1.89 bits per heavy atom. The van der Waals surface area contributed by atoms with E-state index in [9.17, 15) is 27.5 Å². The molecule has 1 aromatic rings. The van der Waals surface area contributed by atoms with Crippen molar-refractivity contribution in [1.82, 2.24) is 5.32 Å². The zero-order valence-electron chi connectivity index (χ0n) is 10.3. The van der Waals surface area contributed by atoms with Gasteiger partial charge in [-0.05, 0) is 32.0 Å². The Kier molecular flexibility index (Phi) is 4.19. The third-order valence-corrected chi connectivity index (χ3v) is 2.22. The molecule has 0 unspecified atom stereocenters. The lowest BCUT2D eigenvalue weighted by atomic mass is 10.1. The first-order valence-corrected chi connectivity index (χ1v) is 5.38. The Balaban J connectivity index is 2.97. The summed E-state index contributed by atoms with van der Waals surface area (Å²) in [5.74, 6) is -2.06. The summed E-state index contributed by atoms with van der Waals surface area (Å²) in [7, 11) is 0. The van der Waals surface area contributed by atoms with E-state index < -0.39 is 34.6 Å². The molecule has 0 atom stereocenters. The van der Waals surface area contributed by atoms with E-state index in [0.29, 0.717) is 18.2 Å². The van der Waals surface area contributed by atoms with Gasteiger partial charge in [0.2, 0.25) is 0 Å². The summed E-state index contributed by atoms with van der Waals surface area (Å²) in [6.45, 7) is 2.59. The van der Waals surface area contributed by atoms with E-state index >= 15 is 0 Å². The first-order valence-electron chi connectivity index (χ1n) is 5.38. The van der Waals surface area contributed by atoms with Crippen LogP contribution in [0.3, 0.4) is 0 Å². The average Bonchev–Trinajstić information content (AvgIpc) is 2.24. The topological polar surface area (TPSA) is 49.3 Å². The Bertz CT molecular complexity index is 478. The first-order chi connectivity index (χ1) is 8.50. The molecule has 0 aliphatic heterocycles. The number of hydrogen-bond donors (Lipinski definition) is 2. The Hall–Kier alpha value is -1.63. The second-order valence-corrected chi connectivity index (χ2v) is 4.69. The standard InChI is InChI=1S/C12H13F4NO2/c1-11(2,19)6-17-10(18)8-5-7(12(14,15)16)3-4-9(8)13/h3-5,19H,6H2,1-2H3,(H,17,18). The van der Waals surface area contributed by atoms with Crippen molar-refractivity contribution in [2.24, 2.45) is 0 Å². The zero-order chi connectivity index (χ0) is 14.8. The van der Waals surface area contributed by atoms with E-state index in [1.165, 1.54) is 13.8 Å². The van der Waals surface area contributed by atoms with Gasteiger partial charge in [-0.3, -0.25) is 4.79 Å². The number of carbonyl (C=O) groups is 1. The highest BCUT2D eigenvalue weighted by atomic mass is 19.4. The summed E-state index contributed by atoms with van der Waals surface area (Å²) in [6.07, 6.45) is -4.65. The SMILES string of the molecule is CC(C)(O)CNC(=O)c1cc(C(F)(F)F)ccc1F. The largest absolute Gasteiger partial charge is 0.416 e. The molecule has 0 aromatic heterocycles. The molecule has 2 N–H and O–H groups in total. The van der Waals surface area contributed by atoms with Gasteiger partial charge >= 0.3 is 6.18 Å². The van der Waals surface area contributed by atoms with Crippen LogP contribution in [0.2, 0.25) is 0 Å². The molecule has 0 saturated carbocycles. The van der Waals surface area contributed by atoms with E-state index in [1.54, 1.807) is 0 Å². The molecule has 0 heterocycles. The van der Waals surface area contributed by atoms with Crippen molar-refractivity contribution in [3.63, 3.8) is 0 Å². The van der Waals surface area contributed by atoms with Gasteiger partial charge in [0.25, 0.3) is 5.91 Å². The number of halogens is 4. The highest BCUT2D eigenvalue weighted by Crippen LogP contribution is 2.30. The zero-order valence-corrected chi connectivity index (χ0v) is 10.3. The van der Waals surface area contributed by atoms with Gasteiger partial charge in [0, 0.05) is 6.54 Å². The first kappa shape index (κ1) is 15.4. The Labute approximate surface area is 107 Å². The molecule has 1 amide bonds. The van der Waals surface area contributed by atoms with E-state index in [0.717, 1.165) is 0 Å². The molecule has 7 heteroatoms. The van der Waals surface area contributed by atoms with Gasteiger partial charge in [-0.25, -0.2) is 4.39 Å². The minimum atomic E-state index is -4.65. The van der Waals surface area contributed by atoms with Crippen LogP contribution >= 0.6 is 0 Å². The number of nitrogens with one attached hydrogen (secondary N) is 1. The van der Waals surface area contributed by atoms with Crippen LogP contribution in [0.5, 0.6) is 0 Å². The van der Waals surface area contributed by atoms with Crippen LogP contribution in [-0.2, 0) is 6.18 Å². The van der Waals surface area contributed by atoms with E-state index in [1.807, 2.05) is 0 Å². The van der Waals surface area contributed by atoms with Crippen molar-refractivity contribution >= 4 is 5.91 Å². The van der Waals surface area contributed by atoms with Crippen molar-refractivity contribution in [2.45, 2.75) is 25.6 Å². The third kappa shape index (κ3) is 4.51. The number of carbonyl (C=O) groups excluding carboxylic acids is 1. The lowest BCUT2D eigenvalue weighted by Gasteiger charge is -2.18. The van der Waals surface area contributed by atoms with Crippen molar-refractivity contribution in [3.05, 3.63) is 35.1 Å². The molecular weight excluding hydrogens is 266 g/mol. The second-order valence-electron chi connectivity index (χ2n) is 4.69. The number of benzene rings is 1. The lowest BCUT2D eigenvalue weighted by molar-refractivity contribution is -0.137. The minimum Gasteiger partial charge on any atom is -0.389 e. The maximum atomic E-state index is 13.3. The predicted molar refractivity (Wildman–Crippen MR) is 60.0 cm³/mol. The van der Waals surface area contributed by atoms with Crippen LogP contribution < -0.4 is 5.32 Å². The summed E-state index contributed by atoms with van der Waals surface area (Å²) in [6, 6.07) is 1.58. The fraction of sp³-hybridized carbons (Fsp3) is 0.417. The molecule has 0 radical (unpaired) electrons. The molecule has 3 nitrogen and oxygen atoms in total. The van der Waals surface area contributed by atoms with Crippen molar-refractivity contribution in [1.29, 1.82) is 0 Å². The van der Waals surface area contributed by atoms with Crippen LogP contribution in [0.1, 0.15) is 29.8 Å². The second kappa shape index (κ2) is 5.16. The van der Waals surface area contributed by atoms with E-state index in [-0.39, 0.29) is 6.54 Å². The summed E-state index contributed by atoms with van der Waals surface area (Å²) < 4.78 is 50.7. The van der Waals surface area contributed by atoms with Crippen LogP contribution in [-0.4, -0.2) is 23.2 Å². The quantitative estimate of drug-likeness (QED) is 0.834. The molecule has 19 heavy (non-hydrogen) atoms. The summed E-state index contributed by atoms with van der Waals surface area (Å²) in [4.78, 5) is 11.6. The van der Waals surface area contributed by atoms with Crippen molar-refractivity contribution < 1.29 is 27.5 Å². The summed E-state index contributed by atoms with van der Waals surface area (Å²) in [5, 5.41) is 11.5. The molecule has 0 saturated heterocycles. The average molecular weight is 279 g/mol.